The van der Waals surface area contributed by atoms with Crippen LogP contribution in [0.2, 0.25) is 0 Å². The molecule has 8 bridgehead atoms. The summed E-state index contributed by atoms with van der Waals surface area (Å²) in [5.41, 5.74) is 3.45. The minimum atomic E-state index is -0.536. The highest BCUT2D eigenvalue weighted by Gasteiger charge is 2.37. The van der Waals surface area contributed by atoms with Gasteiger partial charge >= 0.3 is 0 Å². The summed E-state index contributed by atoms with van der Waals surface area (Å²) in [4.78, 5) is 9.43. The highest BCUT2D eigenvalue weighted by Crippen LogP contribution is 2.37. The molecule has 0 saturated heterocycles. The molecule has 0 atom stereocenters. The Hall–Kier alpha value is -3.28. The SMILES string of the molecule is CC1(C)c2cccc(c2)C(C)(C)n2cnc(n2)C(C)(C)c2ncn(n2)C(C)(C)c2cccc1c2. The number of hydrogen-bond acceptors (Lipinski definition) is 4. The zero-order valence-corrected chi connectivity index (χ0v) is 21.5. The van der Waals surface area contributed by atoms with Crippen molar-refractivity contribution in [2.24, 2.45) is 0 Å². The average Bonchev–Trinajstić information content (AvgIpc) is 3.50. The van der Waals surface area contributed by atoms with Crippen LogP contribution in [-0.4, -0.2) is 29.5 Å². The summed E-state index contributed by atoms with van der Waals surface area (Å²) in [7, 11) is 0. The van der Waals surface area contributed by atoms with Gasteiger partial charge in [0, 0.05) is 5.41 Å². The van der Waals surface area contributed by atoms with E-state index >= 15 is 0 Å². The van der Waals surface area contributed by atoms with Crippen LogP contribution in [0.1, 0.15) is 89.3 Å². The van der Waals surface area contributed by atoms with E-state index in [4.69, 9.17) is 20.2 Å². The lowest BCUT2D eigenvalue weighted by Gasteiger charge is -2.32. The number of aromatic nitrogens is 6. The molecular formula is C28H34N6. The Bertz CT molecular complexity index is 1270. The number of rotatable bonds is 0. The van der Waals surface area contributed by atoms with Crippen molar-refractivity contribution in [2.75, 3.05) is 0 Å². The van der Waals surface area contributed by atoms with Gasteiger partial charge in [0.1, 0.15) is 12.7 Å². The molecule has 34 heavy (non-hydrogen) atoms. The molecule has 0 saturated carbocycles. The second-order valence-corrected chi connectivity index (χ2v) is 11.6. The molecule has 0 amide bonds. The summed E-state index contributed by atoms with van der Waals surface area (Å²) in [6.45, 7) is 17.5. The Morgan fingerprint density at radius 1 is 0.529 bits per heavy atom. The third-order valence-electron chi connectivity index (χ3n) is 7.83. The van der Waals surface area contributed by atoms with Gasteiger partial charge in [-0.1, -0.05) is 62.4 Å². The van der Waals surface area contributed by atoms with E-state index in [0.717, 1.165) is 0 Å². The van der Waals surface area contributed by atoms with Crippen molar-refractivity contribution in [1.29, 1.82) is 0 Å². The van der Waals surface area contributed by atoms with Gasteiger partial charge in [-0.2, -0.15) is 10.2 Å². The van der Waals surface area contributed by atoms with Gasteiger partial charge in [0.05, 0.1) is 16.5 Å². The van der Waals surface area contributed by atoms with Crippen LogP contribution in [0.4, 0.5) is 0 Å². The summed E-state index contributed by atoms with van der Waals surface area (Å²) in [5, 5.41) is 9.89. The van der Waals surface area contributed by atoms with E-state index in [1.165, 1.54) is 22.3 Å². The predicted molar refractivity (Wildman–Crippen MR) is 134 cm³/mol. The molecule has 0 radical (unpaired) electrons. The van der Waals surface area contributed by atoms with E-state index in [9.17, 15) is 0 Å². The highest BCUT2D eigenvalue weighted by atomic mass is 15.4. The lowest BCUT2D eigenvalue weighted by Crippen LogP contribution is -2.32. The fourth-order valence-corrected chi connectivity index (χ4v) is 4.75. The molecule has 6 heteroatoms. The van der Waals surface area contributed by atoms with Gasteiger partial charge in [0.25, 0.3) is 0 Å². The molecule has 1 aliphatic heterocycles. The van der Waals surface area contributed by atoms with Crippen LogP contribution in [-0.2, 0) is 21.9 Å². The Kier molecular flexibility index (Phi) is 4.71. The highest BCUT2D eigenvalue weighted by molar-refractivity contribution is 5.43. The smallest absolute Gasteiger partial charge is 0.163 e. The molecule has 1 aliphatic rings. The molecule has 0 N–H and O–H groups in total. The minimum Gasteiger partial charge on any atom is -0.243 e. The summed E-state index contributed by atoms with van der Waals surface area (Å²) < 4.78 is 3.92. The Morgan fingerprint density at radius 2 is 0.912 bits per heavy atom. The fraction of sp³-hybridized carbons (Fsp3) is 0.429. The van der Waals surface area contributed by atoms with E-state index in [-0.39, 0.29) is 16.5 Å². The van der Waals surface area contributed by atoms with E-state index < -0.39 is 5.41 Å². The monoisotopic (exact) mass is 454 g/mol. The molecule has 3 heterocycles. The number of fused-ring (bicyclic) bond motifs is 8. The standard InChI is InChI=1S/C28H34N6/c1-25(2)19-11-9-13-21(15-19)27(5,6)33-17-29-23(31-33)26(3,4)24-30-18-34(32-24)28(7,8)22-14-10-12-20(25)16-22/h9-18H,1-8H3. The van der Waals surface area contributed by atoms with E-state index in [1.54, 1.807) is 0 Å². The summed E-state index contributed by atoms with van der Waals surface area (Å²) in [6, 6.07) is 17.7. The zero-order chi connectivity index (χ0) is 24.5. The Morgan fingerprint density at radius 3 is 1.32 bits per heavy atom. The quantitative estimate of drug-likeness (QED) is 0.357. The van der Waals surface area contributed by atoms with E-state index in [1.807, 2.05) is 22.0 Å². The topological polar surface area (TPSA) is 61.4 Å². The van der Waals surface area contributed by atoms with Crippen molar-refractivity contribution in [3.8, 4) is 0 Å². The molecule has 0 unspecified atom stereocenters. The Labute approximate surface area is 202 Å². The minimum absolute atomic E-state index is 0.182. The van der Waals surface area contributed by atoms with Crippen LogP contribution < -0.4 is 0 Å². The Balaban J connectivity index is 1.80. The van der Waals surface area contributed by atoms with Gasteiger partial charge in [-0.3, -0.25) is 0 Å². The second kappa shape index (κ2) is 7.11. The number of benzene rings is 2. The third-order valence-corrected chi connectivity index (χ3v) is 7.83. The van der Waals surface area contributed by atoms with Crippen molar-refractivity contribution >= 4 is 0 Å². The molecule has 0 aliphatic carbocycles. The molecule has 5 rings (SSSR count). The maximum atomic E-state index is 4.94. The van der Waals surface area contributed by atoms with Crippen molar-refractivity contribution < 1.29 is 0 Å². The molecule has 2 aromatic carbocycles. The van der Waals surface area contributed by atoms with Gasteiger partial charge in [0.15, 0.2) is 11.6 Å². The number of nitrogens with zero attached hydrogens (tertiary/aromatic N) is 6. The molecule has 176 valence electrons. The van der Waals surface area contributed by atoms with E-state index in [2.05, 4.69) is 104 Å². The fourth-order valence-electron chi connectivity index (χ4n) is 4.75. The average molecular weight is 455 g/mol. The van der Waals surface area contributed by atoms with Crippen LogP contribution in [0.5, 0.6) is 0 Å². The zero-order valence-electron chi connectivity index (χ0n) is 21.5. The van der Waals surface area contributed by atoms with E-state index in [0.29, 0.717) is 11.6 Å². The van der Waals surface area contributed by atoms with Crippen LogP contribution >= 0.6 is 0 Å². The molecule has 2 aromatic heterocycles. The molecule has 4 aromatic rings. The van der Waals surface area contributed by atoms with Gasteiger partial charge < -0.3 is 0 Å². The van der Waals surface area contributed by atoms with Crippen LogP contribution in [0.3, 0.4) is 0 Å². The first-order chi connectivity index (χ1) is 15.8. The van der Waals surface area contributed by atoms with Gasteiger partial charge in [-0.15, -0.1) is 0 Å². The predicted octanol–water partition coefficient (Wildman–Crippen LogP) is 5.40. The summed E-state index contributed by atoms with van der Waals surface area (Å²) in [6.07, 6.45) is 3.66. The molecule has 6 nitrogen and oxygen atoms in total. The van der Waals surface area contributed by atoms with Crippen molar-refractivity contribution in [3.05, 3.63) is 95.1 Å². The normalized spacial score (nSPS) is 19.5. The molecular weight excluding hydrogens is 420 g/mol. The van der Waals surface area contributed by atoms with Crippen LogP contribution in [0, 0.1) is 0 Å². The summed E-state index contributed by atoms with van der Waals surface area (Å²) in [5.74, 6) is 1.42. The summed E-state index contributed by atoms with van der Waals surface area (Å²) >= 11 is 0. The maximum absolute atomic E-state index is 4.94. The first-order valence-corrected chi connectivity index (χ1v) is 11.9. The van der Waals surface area contributed by atoms with Gasteiger partial charge in [-0.25, -0.2) is 19.3 Å². The maximum Gasteiger partial charge on any atom is 0.163 e. The van der Waals surface area contributed by atoms with Gasteiger partial charge in [0.2, 0.25) is 0 Å². The third kappa shape index (κ3) is 3.23. The van der Waals surface area contributed by atoms with Crippen LogP contribution in [0.15, 0.2) is 61.2 Å². The van der Waals surface area contributed by atoms with Crippen molar-refractivity contribution in [1.82, 2.24) is 29.5 Å². The number of hydrogen-bond donors (Lipinski definition) is 0. The first kappa shape index (κ1) is 22.5. The van der Waals surface area contributed by atoms with Crippen molar-refractivity contribution in [3.63, 3.8) is 0 Å². The van der Waals surface area contributed by atoms with Crippen LogP contribution in [0.25, 0.3) is 0 Å². The van der Waals surface area contributed by atoms with Gasteiger partial charge in [-0.05, 0) is 63.8 Å². The molecule has 0 fully saturated rings. The second-order valence-electron chi connectivity index (χ2n) is 11.6. The first-order valence-electron chi connectivity index (χ1n) is 11.9. The lowest BCUT2D eigenvalue weighted by atomic mass is 9.75. The molecule has 0 spiro atoms. The van der Waals surface area contributed by atoms with Crippen molar-refractivity contribution in [2.45, 2.75) is 77.3 Å². The largest absolute Gasteiger partial charge is 0.243 e. The lowest BCUT2D eigenvalue weighted by molar-refractivity contribution is 0.373.